The Labute approximate surface area is 235 Å². The summed E-state index contributed by atoms with van der Waals surface area (Å²) in [5.41, 5.74) is 0.256. The topological polar surface area (TPSA) is 95.6 Å². The molecule has 7 nitrogen and oxygen atoms in total. The van der Waals surface area contributed by atoms with Crippen molar-refractivity contribution in [3.63, 3.8) is 0 Å². The fourth-order valence-electron chi connectivity index (χ4n) is 7.51. The number of carbonyl (C=O) groups excluding carboxylic acids is 2. The predicted octanol–water partition coefficient (Wildman–Crippen LogP) is 4.32. The lowest BCUT2D eigenvalue weighted by atomic mass is 9.70. The molecular weight excluding hydrogens is 510 g/mol. The highest BCUT2D eigenvalue weighted by molar-refractivity contribution is 7.89. The van der Waals surface area contributed by atoms with Gasteiger partial charge in [-0.2, -0.15) is 0 Å². The molecule has 4 rings (SSSR count). The van der Waals surface area contributed by atoms with Gasteiger partial charge < -0.3 is 5.32 Å². The fraction of sp³-hybridized carbons (Fsp3) is 0.742. The van der Waals surface area contributed by atoms with Crippen molar-refractivity contribution in [3.05, 3.63) is 35.9 Å². The number of benzene rings is 1. The first-order valence-electron chi connectivity index (χ1n) is 15.0. The number of unbranched alkanes of at least 4 members (excludes halogenated alkanes) is 1. The molecule has 2 N–H and O–H groups in total. The zero-order chi connectivity index (χ0) is 28.3. The molecule has 3 fully saturated rings. The lowest BCUT2D eigenvalue weighted by Crippen LogP contribution is -2.52. The Morgan fingerprint density at radius 3 is 2.51 bits per heavy atom. The molecule has 1 saturated heterocycles. The molecule has 1 aromatic carbocycles. The SMILES string of the molecule is CC(C)C[C@@H](CN1CCC[C@H]1C(=O)NCCCCc1ccccc1)NS(=O)(=O)CC12CCC(CC1=O)C2(C)C. The smallest absolute Gasteiger partial charge is 0.237 e. The van der Waals surface area contributed by atoms with Crippen molar-refractivity contribution in [1.29, 1.82) is 0 Å². The molecule has 0 aromatic heterocycles. The molecule has 2 saturated carbocycles. The Morgan fingerprint density at radius 1 is 1.13 bits per heavy atom. The van der Waals surface area contributed by atoms with Crippen LogP contribution < -0.4 is 10.0 Å². The summed E-state index contributed by atoms with van der Waals surface area (Å²) < 4.78 is 30.1. The summed E-state index contributed by atoms with van der Waals surface area (Å²) in [6.45, 7) is 10.3. The highest BCUT2D eigenvalue weighted by Crippen LogP contribution is 2.64. The number of nitrogens with one attached hydrogen (secondary N) is 2. The van der Waals surface area contributed by atoms with Gasteiger partial charge in [-0.25, -0.2) is 13.1 Å². The number of hydrogen-bond donors (Lipinski definition) is 2. The molecule has 1 aliphatic heterocycles. The van der Waals surface area contributed by atoms with Crippen molar-refractivity contribution in [2.75, 3.05) is 25.4 Å². The van der Waals surface area contributed by atoms with Gasteiger partial charge >= 0.3 is 0 Å². The van der Waals surface area contributed by atoms with Crippen molar-refractivity contribution in [3.8, 4) is 0 Å². The monoisotopic (exact) mass is 559 g/mol. The molecule has 1 amide bonds. The number of amides is 1. The summed E-state index contributed by atoms with van der Waals surface area (Å²) in [6, 6.07) is 9.88. The third kappa shape index (κ3) is 6.94. The average molecular weight is 560 g/mol. The third-order valence-corrected chi connectivity index (χ3v) is 11.4. The molecule has 8 heteroatoms. The number of fused-ring (bicyclic) bond motifs is 2. The summed E-state index contributed by atoms with van der Waals surface area (Å²) in [4.78, 5) is 28.2. The van der Waals surface area contributed by atoms with Crippen molar-refractivity contribution in [1.82, 2.24) is 14.9 Å². The van der Waals surface area contributed by atoms with E-state index in [0.717, 1.165) is 45.1 Å². The number of aryl methyl sites for hydroxylation is 1. The van der Waals surface area contributed by atoms with Crippen LogP contribution in [-0.2, 0) is 26.0 Å². The summed E-state index contributed by atoms with van der Waals surface area (Å²) in [5, 5.41) is 3.13. The van der Waals surface area contributed by atoms with Gasteiger partial charge in [0.05, 0.1) is 11.8 Å². The molecule has 0 radical (unpaired) electrons. The maximum absolute atomic E-state index is 13.5. The third-order valence-electron chi connectivity index (χ3n) is 9.83. The van der Waals surface area contributed by atoms with Crippen LogP contribution in [0.3, 0.4) is 0 Å². The van der Waals surface area contributed by atoms with Gasteiger partial charge in [0.25, 0.3) is 0 Å². The highest BCUT2D eigenvalue weighted by atomic mass is 32.2. The molecule has 0 spiro atoms. The molecule has 1 aromatic rings. The maximum atomic E-state index is 13.5. The zero-order valence-corrected chi connectivity index (χ0v) is 25.2. The minimum absolute atomic E-state index is 0.0487. The minimum atomic E-state index is -3.68. The van der Waals surface area contributed by atoms with Crippen LogP contribution in [0.4, 0.5) is 0 Å². The summed E-state index contributed by atoms with van der Waals surface area (Å²) in [7, 11) is -3.68. The second-order valence-corrected chi connectivity index (χ2v) is 15.0. The van der Waals surface area contributed by atoms with E-state index in [9.17, 15) is 18.0 Å². The van der Waals surface area contributed by atoms with Crippen LogP contribution in [0.25, 0.3) is 0 Å². The molecule has 2 aliphatic carbocycles. The number of hydrogen-bond acceptors (Lipinski definition) is 5. The molecular formula is C31H49N3O4S. The predicted molar refractivity (Wildman–Crippen MR) is 156 cm³/mol. The van der Waals surface area contributed by atoms with Gasteiger partial charge in [-0.15, -0.1) is 0 Å². The first kappa shape index (κ1) is 30.2. The zero-order valence-electron chi connectivity index (χ0n) is 24.4. The van der Waals surface area contributed by atoms with Gasteiger partial charge in [0, 0.05) is 31.0 Å². The standard InChI is InChI=1S/C31H49N3O4S/c1-23(2)19-26(33-39(37,38)22-31-16-15-25(20-28(31)35)30(31,3)4)21-34-18-10-14-27(34)29(36)32-17-9-8-13-24-11-6-5-7-12-24/h5-7,11-12,23,25-27,33H,8-10,13-22H2,1-4H3,(H,32,36)/t25?,26-,27-,31?/m0/s1. The second-order valence-electron chi connectivity index (χ2n) is 13.3. The van der Waals surface area contributed by atoms with Gasteiger partial charge in [-0.05, 0) is 80.7 Å². The number of nitrogens with zero attached hydrogens (tertiary/aromatic N) is 1. The van der Waals surface area contributed by atoms with E-state index < -0.39 is 15.4 Å². The molecule has 2 unspecified atom stereocenters. The normalized spacial score (nSPS) is 27.4. The van der Waals surface area contributed by atoms with Gasteiger partial charge in [0.2, 0.25) is 15.9 Å². The number of sulfonamides is 1. The Hall–Kier alpha value is -1.77. The van der Waals surface area contributed by atoms with E-state index >= 15 is 0 Å². The number of Topliss-reactive ketones (excluding diaryl/α,β-unsaturated/α-hetero) is 1. The van der Waals surface area contributed by atoms with Crippen molar-refractivity contribution >= 4 is 21.7 Å². The highest BCUT2D eigenvalue weighted by Gasteiger charge is 2.65. The quantitative estimate of drug-likeness (QED) is 0.331. The molecule has 3 aliphatic rings. The van der Waals surface area contributed by atoms with Crippen molar-refractivity contribution in [2.24, 2.45) is 22.7 Å². The Kier molecular flexibility index (Phi) is 9.60. The minimum Gasteiger partial charge on any atom is -0.355 e. The van der Waals surface area contributed by atoms with Crippen LogP contribution in [0.1, 0.15) is 84.6 Å². The fourth-order valence-corrected chi connectivity index (χ4v) is 9.60. The largest absolute Gasteiger partial charge is 0.355 e. The van der Waals surface area contributed by atoms with E-state index in [0.29, 0.717) is 38.3 Å². The first-order valence-corrected chi connectivity index (χ1v) is 16.7. The van der Waals surface area contributed by atoms with E-state index in [2.05, 4.69) is 66.9 Å². The Morgan fingerprint density at radius 2 is 1.87 bits per heavy atom. The summed E-state index contributed by atoms with van der Waals surface area (Å²) in [5.74, 6) is 0.635. The van der Waals surface area contributed by atoms with Gasteiger partial charge in [-0.3, -0.25) is 14.5 Å². The summed E-state index contributed by atoms with van der Waals surface area (Å²) >= 11 is 0. The number of likely N-dealkylation sites (tertiary alicyclic amines) is 1. The molecule has 218 valence electrons. The van der Waals surface area contributed by atoms with E-state index in [-0.39, 0.29) is 40.9 Å². The van der Waals surface area contributed by atoms with Crippen LogP contribution in [0.15, 0.2) is 30.3 Å². The second kappa shape index (κ2) is 12.4. The molecule has 1 heterocycles. The Balaban J connectivity index is 1.31. The van der Waals surface area contributed by atoms with Gasteiger partial charge in [0.15, 0.2) is 0 Å². The maximum Gasteiger partial charge on any atom is 0.237 e. The van der Waals surface area contributed by atoms with E-state index in [4.69, 9.17) is 0 Å². The van der Waals surface area contributed by atoms with Crippen molar-refractivity contribution < 1.29 is 18.0 Å². The van der Waals surface area contributed by atoms with Gasteiger partial charge in [0.1, 0.15) is 5.78 Å². The van der Waals surface area contributed by atoms with E-state index in [1.807, 2.05) is 6.07 Å². The van der Waals surface area contributed by atoms with Gasteiger partial charge in [-0.1, -0.05) is 58.0 Å². The lowest BCUT2D eigenvalue weighted by molar-refractivity contribution is -0.128. The molecule has 39 heavy (non-hydrogen) atoms. The Bertz CT molecular complexity index is 1100. The molecule has 4 atom stereocenters. The van der Waals surface area contributed by atoms with Crippen LogP contribution in [0.2, 0.25) is 0 Å². The summed E-state index contributed by atoms with van der Waals surface area (Å²) in [6.07, 6.45) is 7.49. The first-order chi connectivity index (χ1) is 18.4. The van der Waals surface area contributed by atoms with E-state index in [1.54, 1.807) is 0 Å². The van der Waals surface area contributed by atoms with Crippen molar-refractivity contribution in [2.45, 2.75) is 97.6 Å². The van der Waals surface area contributed by atoms with Crippen LogP contribution >= 0.6 is 0 Å². The number of ketones is 1. The lowest BCUT2D eigenvalue weighted by Gasteiger charge is -2.37. The molecule has 2 bridgehead atoms. The average Bonchev–Trinajstić information content (AvgIpc) is 3.46. The van der Waals surface area contributed by atoms with E-state index in [1.165, 1.54) is 5.56 Å². The number of rotatable bonds is 14. The van der Waals surface area contributed by atoms with Crippen LogP contribution in [0, 0.1) is 22.7 Å². The van der Waals surface area contributed by atoms with Crippen LogP contribution in [0.5, 0.6) is 0 Å². The van der Waals surface area contributed by atoms with Crippen LogP contribution in [-0.4, -0.2) is 62.5 Å². The number of carbonyl (C=O) groups is 2.